The van der Waals surface area contributed by atoms with Crippen LogP contribution in [0.2, 0.25) is 5.02 Å². The molecule has 5 heteroatoms. The lowest BCUT2D eigenvalue weighted by Gasteiger charge is -1.96. The minimum absolute atomic E-state index is 0.0671. The summed E-state index contributed by atoms with van der Waals surface area (Å²) in [4.78, 5) is 11.2. The van der Waals surface area contributed by atoms with Crippen molar-refractivity contribution in [2.24, 2.45) is 0 Å². The first-order valence-corrected chi connectivity index (χ1v) is 4.60. The first-order chi connectivity index (χ1) is 7.02. The number of rotatable bonds is 1. The number of fused-ring (bicyclic) bond motifs is 1. The standard InChI is InChI=1S/C10H8ClNO3/c1-4(13)10-9(12)7-6(15-10)3-2-5(14)8(7)11/h2-3,14H,12H2,1H3. The van der Waals surface area contributed by atoms with Gasteiger partial charge in [0.15, 0.2) is 11.5 Å². The van der Waals surface area contributed by atoms with E-state index in [0.717, 1.165) is 0 Å². The summed E-state index contributed by atoms with van der Waals surface area (Å²) >= 11 is 5.85. The van der Waals surface area contributed by atoms with E-state index in [0.29, 0.717) is 11.0 Å². The van der Waals surface area contributed by atoms with E-state index in [2.05, 4.69) is 0 Å². The second-order valence-corrected chi connectivity index (χ2v) is 3.55. The maximum atomic E-state index is 11.2. The van der Waals surface area contributed by atoms with Gasteiger partial charge in [-0.25, -0.2) is 0 Å². The summed E-state index contributed by atoms with van der Waals surface area (Å²) in [5.41, 5.74) is 6.25. The van der Waals surface area contributed by atoms with Crippen molar-refractivity contribution in [2.45, 2.75) is 6.92 Å². The summed E-state index contributed by atoms with van der Waals surface area (Å²) in [7, 11) is 0. The molecule has 0 radical (unpaired) electrons. The number of ketones is 1. The van der Waals surface area contributed by atoms with E-state index in [-0.39, 0.29) is 28.0 Å². The van der Waals surface area contributed by atoms with Gasteiger partial charge in [0.05, 0.1) is 16.1 Å². The van der Waals surface area contributed by atoms with E-state index in [1.54, 1.807) is 0 Å². The van der Waals surface area contributed by atoms with E-state index < -0.39 is 0 Å². The monoisotopic (exact) mass is 225 g/mol. The number of furan rings is 1. The SMILES string of the molecule is CC(=O)c1oc2ccc(O)c(Cl)c2c1N. The minimum Gasteiger partial charge on any atom is -0.506 e. The molecule has 4 nitrogen and oxygen atoms in total. The fraction of sp³-hybridized carbons (Fsp3) is 0.100. The van der Waals surface area contributed by atoms with Gasteiger partial charge < -0.3 is 15.3 Å². The Morgan fingerprint density at radius 2 is 2.20 bits per heavy atom. The zero-order valence-corrected chi connectivity index (χ0v) is 8.63. The maximum absolute atomic E-state index is 11.2. The van der Waals surface area contributed by atoms with Crippen LogP contribution in [0.3, 0.4) is 0 Å². The van der Waals surface area contributed by atoms with E-state index in [9.17, 15) is 9.90 Å². The average molecular weight is 226 g/mol. The lowest BCUT2D eigenvalue weighted by molar-refractivity contribution is 0.0990. The van der Waals surface area contributed by atoms with Gasteiger partial charge in [-0.15, -0.1) is 0 Å². The van der Waals surface area contributed by atoms with Gasteiger partial charge in [-0.3, -0.25) is 4.79 Å². The number of benzene rings is 1. The molecule has 1 heterocycles. The van der Waals surface area contributed by atoms with Gasteiger partial charge in [-0.2, -0.15) is 0 Å². The van der Waals surface area contributed by atoms with Crippen LogP contribution in [0.4, 0.5) is 5.69 Å². The minimum atomic E-state index is -0.278. The zero-order chi connectivity index (χ0) is 11.2. The summed E-state index contributed by atoms with van der Waals surface area (Å²) in [6, 6.07) is 2.90. The zero-order valence-electron chi connectivity index (χ0n) is 7.87. The summed E-state index contributed by atoms with van der Waals surface area (Å²) in [5, 5.41) is 9.85. The van der Waals surface area contributed by atoms with E-state index >= 15 is 0 Å². The number of hydrogen-bond donors (Lipinski definition) is 2. The van der Waals surface area contributed by atoms with Gasteiger partial charge in [0.25, 0.3) is 0 Å². The highest BCUT2D eigenvalue weighted by Gasteiger charge is 2.18. The topological polar surface area (TPSA) is 76.5 Å². The molecule has 0 fully saturated rings. The Labute approximate surface area is 90.2 Å². The van der Waals surface area contributed by atoms with Crippen LogP contribution >= 0.6 is 11.6 Å². The quantitative estimate of drug-likeness (QED) is 0.732. The van der Waals surface area contributed by atoms with Crippen LogP contribution in [0, 0.1) is 0 Å². The Balaban J connectivity index is 2.89. The molecule has 2 rings (SSSR count). The second kappa shape index (κ2) is 3.17. The number of phenolic OH excluding ortho intramolecular Hbond substituents is 1. The molecule has 0 unspecified atom stereocenters. The number of halogens is 1. The highest BCUT2D eigenvalue weighted by Crippen LogP contribution is 2.38. The van der Waals surface area contributed by atoms with Crippen LogP contribution in [0.5, 0.6) is 5.75 Å². The normalized spacial score (nSPS) is 10.8. The van der Waals surface area contributed by atoms with Crippen molar-refractivity contribution in [1.82, 2.24) is 0 Å². The molecule has 0 aliphatic rings. The van der Waals surface area contributed by atoms with Crippen molar-refractivity contribution in [3.8, 4) is 5.75 Å². The first kappa shape index (κ1) is 9.86. The van der Waals surface area contributed by atoms with Gasteiger partial charge >= 0.3 is 0 Å². The Morgan fingerprint density at radius 3 is 2.80 bits per heavy atom. The Morgan fingerprint density at radius 1 is 1.53 bits per heavy atom. The molecule has 0 aliphatic heterocycles. The molecule has 3 N–H and O–H groups in total. The number of nitrogens with two attached hydrogens (primary N) is 1. The van der Waals surface area contributed by atoms with Crippen molar-refractivity contribution in [1.29, 1.82) is 0 Å². The molecule has 78 valence electrons. The number of Topliss-reactive ketones (excluding diaryl/α,β-unsaturated/α-hetero) is 1. The van der Waals surface area contributed by atoms with Crippen molar-refractivity contribution in [3.63, 3.8) is 0 Å². The van der Waals surface area contributed by atoms with Crippen molar-refractivity contribution in [2.75, 3.05) is 5.73 Å². The number of carbonyl (C=O) groups excluding carboxylic acids is 1. The number of phenols is 1. The molecule has 0 atom stereocenters. The largest absolute Gasteiger partial charge is 0.506 e. The van der Waals surface area contributed by atoms with Crippen molar-refractivity contribution >= 4 is 34.0 Å². The number of anilines is 1. The molecule has 15 heavy (non-hydrogen) atoms. The van der Waals surface area contributed by atoms with E-state index in [4.69, 9.17) is 21.8 Å². The Bertz CT molecular complexity index is 559. The molecule has 0 saturated carbocycles. The summed E-state index contributed by atoms with van der Waals surface area (Å²) in [6.07, 6.45) is 0. The highest BCUT2D eigenvalue weighted by molar-refractivity contribution is 6.38. The Kier molecular flexibility index (Phi) is 2.08. The number of hydrogen-bond acceptors (Lipinski definition) is 4. The van der Waals surface area contributed by atoms with Crippen LogP contribution in [0.15, 0.2) is 16.5 Å². The first-order valence-electron chi connectivity index (χ1n) is 4.22. The van der Waals surface area contributed by atoms with Gasteiger partial charge in [-0.05, 0) is 12.1 Å². The van der Waals surface area contributed by atoms with E-state index in [1.807, 2.05) is 0 Å². The maximum Gasteiger partial charge on any atom is 0.197 e. The third-order valence-electron chi connectivity index (χ3n) is 2.13. The second-order valence-electron chi connectivity index (χ2n) is 3.17. The summed E-state index contributed by atoms with van der Waals surface area (Å²) in [5.74, 6) is -0.302. The molecule has 1 aromatic heterocycles. The fourth-order valence-electron chi connectivity index (χ4n) is 1.42. The average Bonchev–Trinajstić information content (AvgIpc) is 2.50. The fourth-order valence-corrected chi connectivity index (χ4v) is 1.68. The summed E-state index contributed by atoms with van der Waals surface area (Å²) in [6.45, 7) is 1.35. The summed E-state index contributed by atoms with van der Waals surface area (Å²) < 4.78 is 5.23. The van der Waals surface area contributed by atoms with Crippen LogP contribution in [0.25, 0.3) is 11.0 Å². The van der Waals surface area contributed by atoms with Gasteiger partial charge in [0.2, 0.25) is 0 Å². The molecule has 0 saturated heterocycles. The van der Waals surface area contributed by atoms with Crippen LogP contribution < -0.4 is 5.73 Å². The van der Waals surface area contributed by atoms with Crippen LogP contribution in [-0.2, 0) is 0 Å². The Hall–Kier alpha value is -1.68. The van der Waals surface area contributed by atoms with Gasteiger partial charge in [-0.1, -0.05) is 11.6 Å². The van der Waals surface area contributed by atoms with Gasteiger partial charge in [0, 0.05) is 6.92 Å². The lowest BCUT2D eigenvalue weighted by Crippen LogP contribution is -1.95. The molecule has 1 aromatic carbocycles. The molecule has 0 aliphatic carbocycles. The third kappa shape index (κ3) is 1.34. The molecule has 0 amide bonds. The predicted octanol–water partition coefficient (Wildman–Crippen LogP) is 2.58. The van der Waals surface area contributed by atoms with Crippen molar-refractivity contribution < 1.29 is 14.3 Å². The smallest absolute Gasteiger partial charge is 0.197 e. The molecule has 2 aromatic rings. The molecular formula is C10H8ClNO3. The van der Waals surface area contributed by atoms with Crippen LogP contribution in [-0.4, -0.2) is 10.9 Å². The predicted molar refractivity (Wildman–Crippen MR) is 57.3 cm³/mol. The van der Waals surface area contributed by atoms with E-state index in [1.165, 1.54) is 19.1 Å². The molecular weight excluding hydrogens is 218 g/mol. The number of carbonyl (C=O) groups is 1. The van der Waals surface area contributed by atoms with Crippen LogP contribution in [0.1, 0.15) is 17.5 Å². The third-order valence-corrected chi connectivity index (χ3v) is 2.51. The number of aromatic hydroxyl groups is 1. The number of nitrogen functional groups attached to an aromatic ring is 1. The lowest BCUT2D eigenvalue weighted by atomic mass is 10.2. The molecule has 0 spiro atoms. The highest BCUT2D eigenvalue weighted by atomic mass is 35.5. The van der Waals surface area contributed by atoms with Crippen molar-refractivity contribution in [3.05, 3.63) is 22.9 Å². The van der Waals surface area contributed by atoms with Gasteiger partial charge in [0.1, 0.15) is 11.3 Å². The molecule has 0 bridgehead atoms.